The Balaban J connectivity index is 1.42. The lowest BCUT2D eigenvalue weighted by Crippen LogP contribution is -2.48. The van der Waals surface area contributed by atoms with Gasteiger partial charge in [0, 0.05) is 55.7 Å². The lowest BCUT2D eigenvalue weighted by Gasteiger charge is -2.34. The lowest BCUT2D eigenvalue weighted by atomic mass is 10.2. The first-order chi connectivity index (χ1) is 11.2. The molecule has 0 bridgehead atoms. The number of carbonyl (C=O) groups is 1. The maximum Gasteiger partial charge on any atom is 0.253 e. The van der Waals surface area contributed by atoms with Gasteiger partial charge < -0.3 is 9.47 Å². The smallest absolute Gasteiger partial charge is 0.253 e. The summed E-state index contributed by atoms with van der Waals surface area (Å²) in [6.45, 7) is 5.48. The molecule has 122 valence electrons. The average Bonchev–Trinajstić information content (AvgIpc) is 3.09. The van der Waals surface area contributed by atoms with Crippen LogP contribution in [0.4, 0.5) is 0 Å². The van der Waals surface area contributed by atoms with E-state index < -0.39 is 0 Å². The minimum atomic E-state index is 0.0970. The predicted molar refractivity (Wildman–Crippen MR) is 90.6 cm³/mol. The van der Waals surface area contributed by atoms with Crippen LogP contribution >= 0.6 is 11.6 Å². The summed E-state index contributed by atoms with van der Waals surface area (Å²) < 4.78 is 2.10. The van der Waals surface area contributed by atoms with Crippen LogP contribution in [0.25, 0.3) is 0 Å². The van der Waals surface area contributed by atoms with Crippen LogP contribution in [-0.4, -0.2) is 58.0 Å². The van der Waals surface area contributed by atoms with Gasteiger partial charge in [-0.1, -0.05) is 11.6 Å². The minimum Gasteiger partial charge on any atom is -0.337 e. The summed E-state index contributed by atoms with van der Waals surface area (Å²) >= 11 is 5.87. The van der Waals surface area contributed by atoms with E-state index in [2.05, 4.69) is 14.5 Å². The van der Waals surface area contributed by atoms with Gasteiger partial charge in [-0.2, -0.15) is 0 Å². The molecule has 0 radical (unpaired) electrons. The number of imidazole rings is 1. The summed E-state index contributed by atoms with van der Waals surface area (Å²) in [5, 5.41) is 0.657. The average molecular weight is 333 g/mol. The van der Waals surface area contributed by atoms with Gasteiger partial charge in [-0.25, -0.2) is 4.98 Å². The maximum atomic E-state index is 12.4. The Morgan fingerprint density at radius 2 is 1.83 bits per heavy atom. The van der Waals surface area contributed by atoms with E-state index in [1.807, 2.05) is 17.4 Å². The van der Waals surface area contributed by atoms with Crippen molar-refractivity contribution in [2.75, 3.05) is 32.7 Å². The fraction of sp³-hybridized carbons (Fsp3) is 0.412. The van der Waals surface area contributed by atoms with Crippen molar-refractivity contribution in [1.29, 1.82) is 0 Å². The molecule has 0 N–H and O–H groups in total. The second-order valence-electron chi connectivity index (χ2n) is 5.79. The number of carbonyl (C=O) groups excluding carboxylic acids is 1. The number of aromatic nitrogens is 2. The highest BCUT2D eigenvalue weighted by atomic mass is 35.5. The monoisotopic (exact) mass is 332 g/mol. The standard InChI is InChI=1S/C17H21ClN4O/c18-16-4-2-15(3-5-16)17(23)22-12-10-20(11-13-22)7-1-8-21-9-6-19-14-21/h2-6,9,14H,1,7-8,10-13H2. The van der Waals surface area contributed by atoms with E-state index in [4.69, 9.17) is 11.6 Å². The van der Waals surface area contributed by atoms with Crippen molar-refractivity contribution in [2.24, 2.45) is 0 Å². The quantitative estimate of drug-likeness (QED) is 0.844. The number of amides is 1. The van der Waals surface area contributed by atoms with Gasteiger partial charge in [0.15, 0.2) is 0 Å². The van der Waals surface area contributed by atoms with Crippen molar-refractivity contribution in [1.82, 2.24) is 19.4 Å². The van der Waals surface area contributed by atoms with Gasteiger partial charge in [-0.3, -0.25) is 9.69 Å². The molecule has 1 aromatic carbocycles. The molecule has 1 amide bonds. The zero-order valence-electron chi connectivity index (χ0n) is 13.1. The van der Waals surface area contributed by atoms with E-state index >= 15 is 0 Å². The van der Waals surface area contributed by atoms with Gasteiger partial charge in [-0.15, -0.1) is 0 Å². The molecule has 0 atom stereocenters. The van der Waals surface area contributed by atoms with Crippen LogP contribution in [0.1, 0.15) is 16.8 Å². The number of hydrogen-bond acceptors (Lipinski definition) is 3. The normalized spacial score (nSPS) is 15.8. The fourth-order valence-corrected chi connectivity index (χ4v) is 2.97. The number of nitrogens with zero attached hydrogens (tertiary/aromatic N) is 4. The summed E-state index contributed by atoms with van der Waals surface area (Å²) in [5.74, 6) is 0.0970. The van der Waals surface area contributed by atoms with Crippen molar-refractivity contribution in [3.8, 4) is 0 Å². The van der Waals surface area contributed by atoms with Crippen LogP contribution < -0.4 is 0 Å². The van der Waals surface area contributed by atoms with E-state index in [0.29, 0.717) is 10.6 Å². The predicted octanol–water partition coefficient (Wildman–Crippen LogP) is 2.38. The Morgan fingerprint density at radius 1 is 1.09 bits per heavy atom. The zero-order valence-corrected chi connectivity index (χ0v) is 13.8. The first-order valence-corrected chi connectivity index (χ1v) is 8.33. The van der Waals surface area contributed by atoms with Gasteiger partial charge in [0.1, 0.15) is 0 Å². The first kappa shape index (κ1) is 16.0. The Hall–Kier alpha value is -1.85. The molecular formula is C17H21ClN4O. The molecule has 1 aromatic heterocycles. The highest BCUT2D eigenvalue weighted by Crippen LogP contribution is 2.13. The Kier molecular flexibility index (Phi) is 5.31. The third-order valence-electron chi connectivity index (χ3n) is 4.20. The molecule has 1 saturated heterocycles. The van der Waals surface area contributed by atoms with Crippen molar-refractivity contribution in [2.45, 2.75) is 13.0 Å². The molecule has 23 heavy (non-hydrogen) atoms. The Bertz CT molecular complexity index is 619. The molecule has 1 aliphatic rings. The van der Waals surface area contributed by atoms with Crippen LogP contribution in [0, 0.1) is 0 Å². The largest absolute Gasteiger partial charge is 0.337 e. The zero-order chi connectivity index (χ0) is 16.1. The molecule has 2 aromatic rings. The second kappa shape index (κ2) is 7.62. The van der Waals surface area contributed by atoms with Gasteiger partial charge in [0.2, 0.25) is 0 Å². The number of halogens is 1. The highest BCUT2D eigenvalue weighted by molar-refractivity contribution is 6.30. The molecule has 0 saturated carbocycles. The number of hydrogen-bond donors (Lipinski definition) is 0. The summed E-state index contributed by atoms with van der Waals surface area (Å²) in [7, 11) is 0. The molecule has 0 spiro atoms. The molecule has 5 nitrogen and oxygen atoms in total. The van der Waals surface area contributed by atoms with Gasteiger partial charge >= 0.3 is 0 Å². The van der Waals surface area contributed by atoms with Crippen LogP contribution in [0.5, 0.6) is 0 Å². The molecule has 1 fully saturated rings. The minimum absolute atomic E-state index is 0.0970. The van der Waals surface area contributed by atoms with E-state index in [1.54, 1.807) is 30.5 Å². The molecule has 6 heteroatoms. The van der Waals surface area contributed by atoms with Gasteiger partial charge in [0.05, 0.1) is 6.33 Å². The summed E-state index contributed by atoms with van der Waals surface area (Å²) in [6, 6.07) is 7.12. The SMILES string of the molecule is O=C(c1ccc(Cl)cc1)N1CCN(CCCn2ccnc2)CC1. The van der Waals surface area contributed by atoms with Crippen molar-refractivity contribution >= 4 is 17.5 Å². The van der Waals surface area contributed by atoms with Crippen LogP contribution in [-0.2, 0) is 6.54 Å². The van der Waals surface area contributed by atoms with Crippen LogP contribution in [0.2, 0.25) is 5.02 Å². The molecule has 3 rings (SSSR count). The number of rotatable bonds is 5. The van der Waals surface area contributed by atoms with Crippen molar-refractivity contribution < 1.29 is 4.79 Å². The molecule has 1 aliphatic heterocycles. The molecular weight excluding hydrogens is 312 g/mol. The summed E-state index contributed by atoms with van der Waals surface area (Å²) in [6.07, 6.45) is 6.74. The van der Waals surface area contributed by atoms with E-state index in [-0.39, 0.29) is 5.91 Å². The third kappa shape index (κ3) is 4.33. The first-order valence-electron chi connectivity index (χ1n) is 7.95. The van der Waals surface area contributed by atoms with Crippen molar-refractivity contribution in [3.05, 3.63) is 53.6 Å². The molecule has 0 unspecified atom stereocenters. The number of aryl methyl sites for hydroxylation is 1. The topological polar surface area (TPSA) is 41.4 Å². The van der Waals surface area contributed by atoms with Crippen LogP contribution in [0.15, 0.2) is 43.0 Å². The third-order valence-corrected chi connectivity index (χ3v) is 4.45. The van der Waals surface area contributed by atoms with Crippen molar-refractivity contribution in [3.63, 3.8) is 0 Å². The van der Waals surface area contributed by atoms with Gasteiger partial charge in [0.25, 0.3) is 5.91 Å². The van der Waals surface area contributed by atoms with Gasteiger partial charge in [-0.05, 0) is 37.2 Å². The lowest BCUT2D eigenvalue weighted by molar-refractivity contribution is 0.0634. The van der Waals surface area contributed by atoms with E-state index in [0.717, 1.165) is 45.7 Å². The Morgan fingerprint density at radius 3 is 2.48 bits per heavy atom. The second-order valence-corrected chi connectivity index (χ2v) is 6.23. The highest BCUT2D eigenvalue weighted by Gasteiger charge is 2.21. The maximum absolute atomic E-state index is 12.4. The van der Waals surface area contributed by atoms with E-state index in [9.17, 15) is 4.79 Å². The van der Waals surface area contributed by atoms with Crippen LogP contribution in [0.3, 0.4) is 0 Å². The fourth-order valence-electron chi connectivity index (χ4n) is 2.85. The summed E-state index contributed by atoms with van der Waals surface area (Å²) in [5.41, 5.74) is 0.711. The Labute approximate surface area is 141 Å². The number of benzene rings is 1. The summed E-state index contributed by atoms with van der Waals surface area (Å²) in [4.78, 5) is 20.8. The number of piperazine rings is 1. The van der Waals surface area contributed by atoms with E-state index in [1.165, 1.54) is 0 Å². The molecule has 2 heterocycles. The molecule has 0 aliphatic carbocycles.